The molecule has 300 valence electrons. The maximum absolute atomic E-state index is 13.9. The molecule has 11 heteroatoms. The van der Waals surface area contributed by atoms with Gasteiger partial charge in [0, 0.05) is 29.9 Å². The molecule has 3 aliphatic rings. The van der Waals surface area contributed by atoms with Gasteiger partial charge in [-0.05, 0) is 109 Å². The van der Waals surface area contributed by atoms with Gasteiger partial charge in [0.15, 0.2) is 0 Å². The number of aldehydes is 1. The number of fused-ring (bicyclic) bond motifs is 3. The third-order valence-corrected chi connectivity index (χ3v) is 14.3. The lowest BCUT2D eigenvalue weighted by atomic mass is 9.83. The van der Waals surface area contributed by atoms with Crippen molar-refractivity contribution >= 4 is 91.8 Å². The zero-order chi connectivity index (χ0) is 41.4. The number of thiocarbonyl (C=S) groups is 1. The van der Waals surface area contributed by atoms with Gasteiger partial charge in [-0.2, -0.15) is 0 Å². The first-order valence-corrected chi connectivity index (χ1v) is 22.0. The highest BCUT2D eigenvalue weighted by Gasteiger charge is 2.42. The van der Waals surface area contributed by atoms with Gasteiger partial charge in [0.25, 0.3) is 11.5 Å². The summed E-state index contributed by atoms with van der Waals surface area (Å²) in [6.45, 7) is 5.30. The van der Waals surface area contributed by atoms with Crippen LogP contribution < -0.4 is 19.7 Å². The molecular weight excluding hydrogens is 795 g/mol. The Morgan fingerprint density at radius 2 is 1.59 bits per heavy atom. The first-order valence-electron chi connectivity index (χ1n) is 20.0. The largest absolute Gasteiger partial charge is 0.481 e. The Kier molecular flexibility index (Phi) is 11.5. The number of nitrogens with zero attached hydrogens (tertiary/aromatic N) is 3. The van der Waals surface area contributed by atoms with Gasteiger partial charge in [-0.3, -0.25) is 23.9 Å². The van der Waals surface area contributed by atoms with Crippen molar-refractivity contribution in [3.05, 3.63) is 150 Å². The normalized spacial score (nSPS) is 19.2. The predicted octanol–water partition coefficient (Wildman–Crippen LogP) is 8.42. The van der Waals surface area contributed by atoms with Crippen LogP contribution >= 0.6 is 35.3 Å². The number of amides is 1. The Balaban J connectivity index is 1.10. The number of hydrogen-bond donors (Lipinski definition) is 1. The average Bonchev–Trinajstić information content (AvgIpc) is 3.97. The van der Waals surface area contributed by atoms with Gasteiger partial charge in [-0.1, -0.05) is 116 Å². The molecule has 0 radical (unpaired) electrons. The van der Waals surface area contributed by atoms with Crippen molar-refractivity contribution in [2.45, 2.75) is 65.0 Å². The molecule has 1 N–H and O–H groups in total. The predicted molar refractivity (Wildman–Crippen MR) is 243 cm³/mol. The quantitative estimate of drug-likeness (QED) is 0.0760. The highest BCUT2D eigenvalue weighted by Crippen LogP contribution is 2.52. The second-order valence-electron chi connectivity index (χ2n) is 16.3. The molecule has 3 unspecified atom stereocenters. The fraction of sp³-hybridized carbons (Fsp3) is 0.271. The summed E-state index contributed by atoms with van der Waals surface area (Å²) in [6.07, 6.45) is 8.46. The Labute approximate surface area is 357 Å². The minimum atomic E-state index is -0.958. The number of carbonyl (C=O) groups excluding carboxylic acids is 2. The Morgan fingerprint density at radius 3 is 2.24 bits per heavy atom. The van der Waals surface area contributed by atoms with Gasteiger partial charge in [-0.25, -0.2) is 0 Å². The van der Waals surface area contributed by atoms with Crippen LogP contribution in [0.3, 0.4) is 0 Å². The van der Waals surface area contributed by atoms with E-state index in [1.54, 1.807) is 13.8 Å². The molecule has 1 amide bonds. The number of benzene rings is 4. The molecular formula is C48H45N3O5S3. The molecule has 3 atom stereocenters. The molecule has 8 nitrogen and oxygen atoms in total. The molecule has 1 saturated carbocycles. The molecule has 1 aromatic heterocycles. The highest BCUT2D eigenvalue weighted by atomic mass is 32.2. The van der Waals surface area contributed by atoms with Gasteiger partial charge in [-0.15, -0.1) is 11.3 Å². The van der Waals surface area contributed by atoms with Crippen LogP contribution in [-0.2, 0) is 20.9 Å². The van der Waals surface area contributed by atoms with Crippen LogP contribution in [0.25, 0.3) is 22.6 Å². The van der Waals surface area contributed by atoms with E-state index in [1.165, 1.54) is 48.8 Å². The van der Waals surface area contributed by atoms with Gasteiger partial charge >= 0.3 is 5.97 Å². The van der Waals surface area contributed by atoms with E-state index >= 15 is 0 Å². The second kappa shape index (κ2) is 16.7. The van der Waals surface area contributed by atoms with Crippen molar-refractivity contribution in [2.75, 3.05) is 11.4 Å². The van der Waals surface area contributed by atoms with E-state index in [2.05, 4.69) is 95.9 Å². The van der Waals surface area contributed by atoms with E-state index in [1.807, 2.05) is 31.2 Å². The lowest BCUT2D eigenvalue weighted by Crippen LogP contribution is -2.37. The van der Waals surface area contributed by atoms with Crippen LogP contribution in [0, 0.1) is 11.3 Å². The zero-order valence-electron chi connectivity index (χ0n) is 33.2. The maximum atomic E-state index is 13.9. The number of aliphatic carboxylic acids is 1. The molecule has 2 aliphatic heterocycles. The molecule has 1 aliphatic carbocycles. The topological polar surface area (TPSA) is 99.9 Å². The fourth-order valence-corrected chi connectivity index (χ4v) is 11.4. The number of carboxylic acids is 1. The van der Waals surface area contributed by atoms with Gasteiger partial charge in [0.05, 0.1) is 16.5 Å². The van der Waals surface area contributed by atoms with Crippen molar-refractivity contribution in [1.29, 1.82) is 0 Å². The summed E-state index contributed by atoms with van der Waals surface area (Å²) in [5.74, 6) is -1.02. The molecule has 8 rings (SSSR count). The van der Waals surface area contributed by atoms with Crippen LogP contribution in [0.1, 0.15) is 80.2 Å². The Bertz CT molecular complexity index is 2630. The first kappa shape index (κ1) is 40.4. The third kappa shape index (κ3) is 8.03. The number of carbonyl (C=O) groups is 3. The van der Waals surface area contributed by atoms with Gasteiger partial charge < -0.3 is 14.8 Å². The monoisotopic (exact) mass is 839 g/mol. The summed E-state index contributed by atoms with van der Waals surface area (Å²) in [7, 11) is 0. The van der Waals surface area contributed by atoms with Crippen molar-refractivity contribution in [2.24, 2.45) is 11.3 Å². The number of carboxylic acid groups (broad SMARTS) is 1. The summed E-state index contributed by atoms with van der Waals surface area (Å²) < 4.78 is 2.53. The number of anilines is 2. The van der Waals surface area contributed by atoms with E-state index in [-0.39, 0.29) is 30.5 Å². The van der Waals surface area contributed by atoms with Crippen LogP contribution in [0.15, 0.2) is 108 Å². The standard InChI is InChI=1S/C48H45N3O5S3/c1-30(28-48(2,3)46(55)56)29-50-44(54)42(59-47(50)57)45-49(23-24-52)43(53)41(58-45)27-32-19-22-40-38(26-32)36-15-10-16-39(36)51(40)35-20-17-31(18-21-35)25-37(33-11-6-4-7-12-33)34-13-8-5-9-14-34/h4-9,11-14,17-22,24-27,30,36,39H,10,15-16,23,28-29H2,1-3H3,(H,55,56)/b41-27-,45-42+. The smallest absolute Gasteiger partial charge is 0.309 e. The third-order valence-electron chi connectivity index (χ3n) is 11.6. The van der Waals surface area contributed by atoms with Gasteiger partial charge in [0.2, 0.25) is 0 Å². The second-order valence-corrected chi connectivity index (χ2v) is 19.0. The number of hydrogen-bond acceptors (Lipinski definition) is 8. The van der Waals surface area contributed by atoms with E-state index in [0.717, 1.165) is 47.8 Å². The van der Waals surface area contributed by atoms with Crippen LogP contribution in [0.5, 0.6) is 0 Å². The van der Waals surface area contributed by atoms with Crippen molar-refractivity contribution in [1.82, 2.24) is 9.47 Å². The summed E-state index contributed by atoms with van der Waals surface area (Å²) in [6, 6.07) is 36.5. The zero-order valence-corrected chi connectivity index (χ0v) is 35.6. The number of aromatic nitrogens is 1. The fourth-order valence-electron chi connectivity index (χ4n) is 8.87. The van der Waals surface area contributed by atoms with Crippen LogP contribution in [0.2, 0.25) is 0 Å². The summed E-state index contributed by atoms with van der Waals surface area (Å²) in [5, 5.41) is 9.61. The number of thioether (sulfide) groups is 1. The van der Waals surface area contributed by atoms with E-state index in [4.69, 9.17) is 12.2 Å². The SMILES string of the molecule is CC(CN1C(=O)/C(=c2\s/c(=C\c3ccc4c(c3)C3CCCC3N4c3ccc(C=C(c4ccccc4)c4ccccc4)cc3)c(=O)n2CC=O)SC1=S)CC(C)(C)C(=O)O. The van der Waals surface area contributed by atoms with Crippen LogP contribution in [-0.4, -0.2) is 49.6 Å². The lowest BCUT2D eigenvalue weighted by molar-refractivity contribution is -0.147. The highest BCUT2D eigenvalue weighted by molar-refractivity contribution is 8.30. The molecule has 0 spiro atoms. The maximum Gasteiger partial charge on any atom is 0.309 e. The summed E-state index contributed by atoms with van der Waals surface area (Å²) in [5.41, 5.74) is 7.81. The van der Waals surface area contributed by atoms with Crippen LogP contribution in [0.4, 0.5) is 11.4 Å². The summed E-state index contributed by atoms with van der Waals surface area (Å²) >= 11 is 7.92. The Morgan fingerprint density at radius 1 is 0.932 bits per heavy atom. The molecule has 0 bridgehead atoms. The molecule has 5 aromatic rings. The molecule has 2 fully saturated rings. The molecule has 59 heavy (non-hydrogen) atoms. The minimum absolute atomic E-state index is 0.142. The van der Waals surface area contributed by atoms with E-state index in [9.17, 15) is 24.3 Å². The number of thiazole rings is 1. The molecule has 3 heterocycles. The average molecular weight is 840 g/mol. The Hall–Kier alpha value is -5.36. The minimum Gasteiger partial charge on any atom is -0.481 e. The first-order chi connectivity index (χ1) is 28.4. The number of rotatable bonds is 12. The molecule has 4 aromatic carbocycles. The van der Waals surface area contributed by atoms with Crippen molar-refractivity contribution in [3.8, 4) is 0 Å². The molecule has 1 saturated heterocycles. The van der Waals surface area contributed by atoms with E-state index < -0.39 is 11.4 Å². The van der Waals surface area contributed by atoms with E-state index in [0.29, 0.717) is 43.1 Å². The van der Waals surface area contributed by atoms with Crippen molar-refractivity contribution in [3.63, 3.8) is 0 Å². The summed E-state index contributed by atoms with van der Waals surface area (Å²) in [4.78, 5) is 55.5. The lowest BCUT2D eigenvalue weighted by Gasteiger charge is -2.27. The van der Waals surface area contributed by atoms with Crippen molar-refractivity contribution < 1.29 is 19.5 Å². The van der Waals surface area contributed by atoms with Gasteiger partial charge in [0.1, 0.15) is 20.2 Å².